The maximum absolute atomic E-state index is 12.4. The van der Waals surface area contributed by atoms with E-state index < -0.39 is 6.10 Å². The van der Waals surface area contributed by atoms with E-state index in [1.54, 1.807) is 32.4 Å². The van der Waals surface area contributed by atoms with E-state index in [-0.39, 0.29) is 5.91 Å². The fraction of sp³-hybridized carbons (Fsp3) is 0.222. The quantitative estimate of drug-likeness (QED) is 0.917. The van der Waals surface area contributed by atoms with Crippen LogP contribution in [0.5, 0.6) is 11.5 Å². The van der Waals surface area contributed by atoms with E-state index in [0.717, 1.165) is 11.3 Å². The number of amides is 1. The molecule has 2 aromatic rings. The molecular formula is C18H18N2O4. The summed E-state index contributed by atoms with van der Waals surface area (Å²) in [5, 5.41) is 6.83. The van der Waals surface area contributed by atoms with Crippen LogP contribution in [0.3, 0.4) is 0 Å². The van der Waals surface area contributed by atoms with Crippen molar-refractivity contribution in [1.29, 1.82) is 0 Å². The van der Waals surface area contributed by atoms with Crippen LogP contribution in [-0.2, 0) is 9.63 Å². The third kappa shape index (κ3) is 3.48. The maximum Gasteiger partial charge on any atom is 0.268 e. The number of nitrogens with one attached hydrogen (secondary N) is 1. The van der Waals surface area contributed by atoms with E-state index in [9.17, 15) is 4.79 Å². The Balaban J connectivity index is 1.67. The SMILES string of the molecule is COc1cc(NC(=O)[C@@H]2CC(c3ccccc3)=NO2)cc(OC)c1. The number of ether oxygens (including phenoxy) is 2. The highest BCUT2D eigenvalue weighted by Crippen LogP contribution is 2.26. The van der Waals surface area contributed by atoms with Crippen molar-refractivity contribution in [3.05, 3.63) is 54.1 Å². The minimum atomic E-state index is -0.655. The number of oxime groups is 1. The van der Waals surface area contributed by atoms with Crippen LogP contribution in [0.15, 0.2) is 53.7 Å². The topological polar surface area (TPSA) is 69.2 Å². The van der Waals surface area contributed by atoms with E-state index in [2.05, 4.69) is 10.5 Å². The predicted molar refractivity (Wildman–Crippen MR) is 90.6 cm³/mol. The van der Waals surface area contributed by atoms with Gasteiger partial charge in [0.25, 0.3) is 5.91 Å². The Labute approximate surface area is 140 Å². The number of rotatable bonds is 5. The molecule has 6 heteroatoms. The lowest BCUT2D eigenvalue weighted by molar-refractivity contribution is -0.125. The molecule has 1 amide bonds. The van der Waals surface area contributed by atoms with Crippen molar-refractivity contribution >= 4 is 17.3 Å². The zero-order chi connectivity index (χ0) is 16.9. The first-order valence-electron chi connectivity index (χ1n) is 7.51. The Morgan fingerprint density at radius 2 is 1.79 bits per heavy atom. The molecule has 0 radical (unpaired) electrons. The second kappa shape index (κ2) is 7.04. The number of hydrogen-bond donors (Lipinski definition) is 1. The van der Waals surface area contributed by atoms with Gasteiger partial charge in [0.15, 0.2) is 0 Å². The Kier molecular flexibility index (Phi) is 4.65. The van der Waals surface area contributed by atoms with Crippen LogP contribution in [0.25, 0.3) is 0 Å². The summed E-state index contributed by atoms with van der Waals surface area (Å²) >= 11 is 0. The molecule has 1 heterocycles. The van der Waals surface area contributed by atoms with Crippen molar-refractivity contribution in [3.8, 4) is 11.5 Å². The molecule has 1 aliphatic rings. The Hall–Kier alpha value is -3.02. The highest BCUT2D eigenvalue weighted by atomic mass is 16.6. The van der Waals surface area contributed by atoms with Crippen molar-refractivity contribution in [3.63, 3.8) is 0 Å². The van der Waals surface area contributed by atoms with E-state index in [1.165, 1.54) is 0 Å². The molecule has 3 rings (SSSR count). The van der Waals surface area contributed by atoms with Crippen LogP contribution in [0.2, 0.25) is 0 Å². The lowest BCUT2D eigenvalue weighted by Gasteiger charge is -2.12. The summed E-state index contributed by atoms with van der Waals surface area (Å²) in [5.74, 6) is 0.927. The van der Waals surface area contributed by atoms with Gasteiger partial charge in [-0.25, -0.2) is 0 Å². The molecule has 1 aliphatic heterocycles. The van der Waals surface area contributed by atoms with E-state index in [1.807, 2.05) is 30.3 Å². The van der Waals surface area contributed by atoms with Gasteiger partial charge in [0, 0.05) is 30.3 Å². The second-order valence-corrected chi connectivity index (χ2v) is 5.29. The smallest absolute Gasteiger partial charge is 0.268 e. The molecule has 0 fully saturated rings. The van der Waals surface area contributed by atoms with Crippen LogP contribution >= 0.6 is 0 Å². The molecule has 24 heavy (non-hydrogen) atoms. The number of methoxy groups -OCH3 is 2. The Morgan fingerprint density at radius 1 is 1.12 bits per heavy atom. The van der Waals surface area contributed by atoms with Crippen LogP contribution in [0, 0.1) is 0 Å². The summed E-state index contributed by atoms with van der Waals surface area (Å²) in [4.78, 5) is 17.7. The average Bonchev–Trinajstić information content (AvgIpc) is 3.12. The lowest BCUT2D eigenvalue weighted by atomic mass is 10.0. The molecule has 2 aromatic carbocycles. The van der Waals surface area contributed by atoms with Crippen molar-refractivity contribution in [2.75, 3.05) is 19.5 Å². The Bertz CT molecular complexity index is 737. The summed E-state index contributed by atoms with van der Waals surface area (Å²) in [6, 6.07) is 14.8. The van der Waals surface area contributed by atoms with Crippen molar-refractivity contribution < 1.29 is 19.1 Å². The van der Waals surface area contributed by atoms with Crippen LogP contribution in [0.1, 0.15) is 12.0 Å². The molecule has 0 bridgehead atoms. The van der Waals surface area contributed by atoms with Crippen LogP contribution in [0.4, 0.5) is 5.69 Å². The molecule has 0 aliphatic carbocycles. The van der Waals surface area contributed by atoms with Crippen molar-refractivity contribution in [2.24, 2.45) is 5.16 Å². The molecule has 124 valence electrons. The minimum Gasteiger partial charge on any atom is -0.497 e. The zero-order valence-corrected chi connectivity index (χ0v) is 13.5. The molecule has 0 aromatic heterocycles. The normalized spacial score (nSPS) is 16.1. The number of nitrogens with zero attached hydrogens (tertiary/aromatic N) is 1. The van der Waals surface area contributed by atoms with Gasteiger partial charge in [-0.3, -0.25) is 4.79 Å². The standard InChI is InChI=1S/C18H18N2O4/c1-22-14-8-13(9-15(10-14)23-2)19-18(21)17-11-16(20-24-17)12-6-4-3-5-7-12/h3-10,17H,11H2,1-2H3,(H,19,21)/t17-/m0/s1. The van der Waals surface area contributed by atoms with Gasteiger partial charge < -0.3 is 19.6 Å². The summed E-state index contributed by atoms with van der Waals surface area (Å²) in [6.07, 6.45) is -0.228. The highest BCUT2D eigenvalue weighted by Gasteiger charge is 2.29. The Morgan fingerprint density at radius 3 is 2.42 bits per heavy atom. The molecular weight excluding hydrogens is 308 g/mol. The summed E-state index contributed by atoms with van der Waals surface area (Å²) in [5.41, 5.74) is 2.29. The van der Waals surface area contributed by atoms with Gasteiger partial charge >= 0.3 is 0 Å². The van der Waals surface area contributed by atoms with Gasteiger partial charge in [-0.2, -0.15) is 0 Å². The summed E-state index contributed by atoms with van der Waals surface area (Å²) in [7, 11) is 3.11. The first-order valence-corrected chi connectivity index (χ1v) is 7.51. The minimum absolute atomic E-state index is 0.264. The molecule has 0 spiro atoms. The third-order valence-corrected chi connectivity index (χ3v) is 3.69. The number of anilines is 1. The third-order valence-electron chi connectivity index (χ3n) is 3.69. The molecule has 1 N–H and O–H groups in total. The second-order valence-electron chi connectivity index (χ2n) is 5.29. The van der Waals surface area contributed by atoms with Crippen LogP contribution < -0.4 is 14.8 Å². The zero-order valence-electron chi connectivity index (χ0n) is 13.5. The van der Waals surface area contributed by atoms with Gasteiger partial charge in [-0.15, -0.1) is 0 Å². The van der Waals surface area contributed by atoms with E-state index in [0.29, 0.717) is 23.6 Å². The first kappa shape index (κ1) is 15.9. The largest absolute Gasteiger partial charge is 0.497 e. The predicted octanol–water partition coefficient (Wildman–Crippen LogP) is 2.84. The number of carbonyl (C=O) groups is 1. The van der Waals surface area contributed by atoms with Crippen molar-refractivity contribution in [1.82, 2.24) is 0 Å². The van der Waals surface area contributed by atoms with Crippen molar-refractivity contribution in [2.45, 2.75) is 12.5 Å². The van der Waals surface area contributed by atoms with Gasteiger partial charge in [-0.05, 0) is 5.56 Å². The molecule has 0 unspecified atom stereocenters. The fourth-order valence-electron chi connectivity index (χ4n) is 2.42. The molecule has 1 atom stereocenters. The summed E-state index contributed by atoms with van der Waals surface area (Å²) in [6.45, 7) is 0. The van der Waals surface area contributed by atoms with Crippen LogP contribution in [-0.4, -0.2) is 31.9 Å². The lowest BCUT2D eigenvalue weighted by Crippen LogP contribution is -2.28. The van der Waals surface area contributed by atoms with E-state index in [4.69, 9.17) is 14.3 Å². The monoisotopic (exact) mass is 326 g/mol. The van der Waals surface area contributed by atoms with E-state index >= 15 is 0 Å². The number of carbonyl (C=O) groups excluding carboxylic acids is 1. The van der Waals surface area contributed by atoms with Gasteiger partial charge in [0.05, 0.1) is 19.9 Å². The van der Waals surface area contributed by atoms with Gasteiger partial charge in [0.2, 0.25) is 6.10 Å². The number of hydrogen-bond acceptors (Lipinski definition) is 5. The summed E-state index contributed by atoms with van der Waals surface area (Å²) < 4.78 is 10.4. The van der Waals surface area contributed by atoms with Gasteiger partial charge in [0.1, 0.15) is 11.5 Å². The van der Waals surface area contributed by atoms with Gasteiger partial charge in [-0.1, -0.05) is 35.5 Å². The maximum atomic E-state index is 12.4. The molecule has 6 nitrogen and oxygen atoms in total. The fourth-order valence-corrected chi connectivity index (χ4v) is 2.42. The first-order chi connectivity index (χ1) is 11.7. The average molecular weight is 326 g/mol. The molecule has 0 saturated carbocycles. The highest BCUT2D eigenvalue weighted by molar-refractivity contribution is 6.06. The number of benzene rings is 2. The molecule has 0 saturated heterocycles.